The molecule has 0 aromatic carbocycles. The standard InChI is InChI=1S/C13H19N3O2S/c1-3-10-9(2)14-13(15-12(10)18)19-8-11(17)16-6-4-5-7-16/h10H,3-8H2,1-2H3. The number of nitrogens with zero attached hydrogens (tertiary/aromatic N) is 3. The zero-order valence-corrected chi connectivity index (χ0v) is 12.2. The molecule has 5 nitrogen and oxygen atoms in total. The lowest BCUT2D eigenvalue weighted by Crippen LogP contribution is -2.30. The monoisotopic (exact) mass is 281 g/mol. The van der Waals surface area contributed by atoms with Crippen molar-refractivity contribution >= 4 is 34.5 Å². The first kappa shape index (κ1) is 14.2. The lowest BCUT2D eigenvalue weighted by molar-refractivity contribution is -0.127. The Kier molecular flexibility index (Phi) is 4.74. The van der Waals surface area contributed by atoms with Crippen LogP contribution in [0.1, 0.15) is 33.1 Å². The lowest BCUT2D eigenvalue weighted by Gasteiger charge is -2.17. The molecule has 104 valence electrons. The van der Waals surface area contributed by atoms with Crippen LogP contribution in [0.3, 0.4) is 0 Å². The Morgan fingerprint density at radius 2 is 2.05 bits per heavy atom. The number of carbonyl (C=O) groups excluding carboxylic acids is 2. The fourth-order valence-corrected chi connectivity index (χ4v) is 3.12. The highest BCUT2D eigenvalue weighted by atomic mass is 32.2. The first-order valence-electron chi connectivity index (χ1n) is 6.70. The molecule has 1 unspecified atom stereocenters. The summed E-state index contributed by atoms with van der Waals surface area (Å²) in [7, 11) is 0. The molecule has 0 aliphatic carbocycles. The highest BCUT2D eigenvalue weighted by Crippen LogP contribution is 2.19. The van der Waals surface area contributed by atoms with Crippen molar-refractivity contribution in [2.75, 3.05) is 18.8 Å². The van der Waals surface area contributed by atoms with Crippen molar-refractivity contribution in [2.24, 2.45) is 15.9 Å². The van der Waals surface area contributed by atoms with Gasteiger partial charge in [0.25, 0.3) is 5.91 Å². The number of thioether (sulfide) groups is 1. The third-order valence-corrected chi connectivity index (χ3v) is 4.30. The maximum Gasteiger partial charge on any atom is 0.256 e. The van der Waals surface area contributed by atoms with Crippen LogP contribution in [0.2, 0.25) is 0 Å². The van der Waals surface area contributed by atoms with Crippen LogP contribution in [0.5, 0.6) is 0 Å². The van der Waals surface area contributed by atoms with E-state index in [-0.39, 0.29) is 17.7 Å². The number of likely N-dealkylation sites (tertiary alicyclic amines) is 1. The molecule has 0 N–H and O–H groups in total. The average Bonchev–Trinajstić information content (AvgIpc) is 2.89. The van der Waals surface area contributed by atoms with Gasteiger partial charge in [0.15, 0.2) is 5.17 Å². The summed E-state index contributed by atoms with van der Waals surface area (Å²) in [6.07, 6.45) is 2.90. The Morgan fingerprint density at radius 1 is 1.37 bits per heavy atom. The fraction of sp³-hybridized carbons (Fsp3) is 0.692. The van der Waals surface area contributed by atoms with E-state index in [9.17, 15) is 9.59 Å². The maximum absolute atomic E-state index is 11.9. The van der Waals surface area contributed by atoms with Gasteiger partial charge in [0.2, 0.25) is 5.91 Å². The smallest absolute Gasteiger partial charge is 0.256 e. The third-order valence-electron chi connectivity index (χ3n) is 3.47. The van der Waals surface area contributed by atoms with Gasteiger partial charge >= 0.3 is 0 Å². The van der Waals surface area contributed by atoms with Crippen molar-refractivity contribution in [3.8, 4) is 0 Å². The van der Waals surface area contributed by atoms with Crippen molar-refractivity contribution in [3.05, 3.63) is 0 Å². The molecule has 2 amide bonds. The largest absolute Gasteiger partial charge is 0.342 e. The summed E-state index contributed by atoms with van der Waals surface area (Å²) in [5.74, 6) is 0.118. The molecule has 2 heterocycles. The van der Waals surface area contributed by atoms with E-state index in [0.29, 0.717) is 10.9 Å². The highest BCUT2D eigenvalue weighted by Gasteiger charge is 2.25. The minimum Gasteiger partial charge on any atom is -0.342 e. The molecule has 19 heavy (non-hydrogen) atoms. The van der Waals surface area contributed by atoms with Gasteiger partial charge in [0.05, 0.1) is 11.7 Å². The van der Waals surface area contributed by atoms with Crippen LogP contribution in [-0.4, -0.2) is 46.4 Å². The highest BCUT2D eigenvalue weighted by molar-refractivity contribution is 8.14. The van der Waals surface area contributed by atoms with E-state index in [2.05, 4.69) is 9.98 Å². The molecule has 2 aliphatic rings. The molecule has 6 heteroatoms. The van der Waals surface area contributed by atoms with Gasteiger partial charge in [-0.05, 0) is 26.2 Å². The number of rotatable bonds is 3. The number of amides is 2. The normalized spacial score (nSPS) is 23.4. The molecule has 0 radical (unpaired) electrons. The predicted octanol–water partition coefficient (Wildman–Crippen LogP) is 1.73. The van der Waals surface area contributed by atoms with Gasteiger partial charge < -0.3 is 4.90 Å². The van der Waals surface area contributed by atoms with Crippen LogP contribution >= 0.6 is 11.8 Å². The molecule has 1 atom stereocenters. The van der Waals surface area contributed by atoms with Gasteiger partial charge in [0, 0.05) is 18.8 Å². The van der Waals surface area contributed by atoms with E-state index in [0.717, 1.165) is 38.1 Å². The molecule has 0 aromatic rings. The van der Waals surface area contributed by atoms with E-state index < -0.39 is 0 Å². The maximum atomic E-state index is 11.9. The molecule has 2 rings (SSSR count). The van der Waals surface area contributed by atoms with Crippen molar-refractivity contribution < 1.29 is 9.59 Å². The first-order chi connectivity index (χ1) is 9.11. The van der Waals surface area contributed by atoms with Crippen LogP contribution < -0.4 is 0 Å². The Morgan fingerprint density at radius 3 is 2.63 bits per heavy atom. The van der Waals surface area contributed by atoms with Gasteiger partial charge in [-0.25, -0.2) is 4.99 Å². The van der Waals surface area contributed by atoms with Crippen LogP contribution in [0.4, 0.5) is 0 Å². The summed E-state index contributed by atoms with van der Waals surface area (Å²) in [5, 5.41) is 0.430. The SMILES string of the molecule is CCC1C(=O)N=C(SCC(=O)N2CCCC2)N=C1C. The molecular formula is C13H19N3O2S. The molecule has 2 aliphatic heterocycles. The number of carbonyl (C=O) groups is 2. The van der Waals surface area contributed by atoms with Crippen molar-refractivity contribution in [3.63, 3.8) is 0 Å². The average molecular weight is 281 g/mol. The third kappa shape index (κ3) is 3.43. The fourth-order valence-electron chi connectivity index (χ4n) is 2.32. The van der Waals surface area contributed by atoms with Crippen LogP contribution in [-0.2, 0) is 9.59 Å². The minimum absolute atomic E-state index is 0.114. The molecule has 0 saturated carbocycles. The molecule has 0 bridgehead atoms. The lowest BCUT2D eigenvalue weighted by atomic mass is 10.0. The van der Waals surface area contributed by atoms with Crippen LogP contribution in [0, 0.1) is 5.92 Å². The Hall–Kier alpha value is -1.17. The molecule has 0 aromatic heterocycles. The summed E-state index contributed by atoms with van der Waals surface area (Å²) < 4.78 is 0. The predicted molar refractivity (Wildman–Crippen MR) is 77.6 cm³/mol. The second-order valence-corrected chi connectivity index (χ2v) is 5.77. The van der Waals surface area contributed by atoms with Crippen molar-refractivity contribution in [2.45, 2.75) is 33.1 Å². The number of hydrogen-bond donors (Lipinski definition) is 0. The minimum atomic E-state index is -0.182. The van der Waals surface area contributed by atoms with E-state index in [1.807, 2.05) is 18.7 Å². The van der Waals surface area contributed by atoms with Crippen LogP contribution in [0.15, 0.2) is 9.98 Å². The van der Waals surface area contributed by atoms with E-state index >= 15 is 0 Å². The van der Waals surface area contributed by atoms with Crippen LogP contribution in [0.25, 0.3) is 0 Å². The van der Waals surface area contributed by atoms with E-state index in [1.54, 1.807) is 0 Å². The van der Waals surface area contributed by atoms with E-state index in [4.69, 9.17) is 0 Å². The van der Waals surface area contributed by atoms with Gasteiger partial charge in [-0.1, -0.05) is 18.7 Å². The van der Waals surface area contributed by atoms with Crippen molar-refractivity contribution in [1.29, 1.82) is 0 Å². The second kappa shape index (κ2) is 6.32. The Labute approximate surface area is 117 Å². The summed E-state index contributed by atoms with van der Waals surface area (Å²) in [4.78, 5) is 33.8. The van der Waals surface area contributed by atoms with Gasteiger partial charge in [0.1, 0.15) is 0 Å². The van der Waals surface area contributed by atoms with Gasteiger partial charge in [-0.15, -0.1) is 0 Å². The zero-order chi connectivity index (χ0) is 13.8. The quantitative estimate of drug-likeness (QED) is 0.791. The van der Waals surface area contributed by atoms with Gasteiger partial charge in [-0.2, -0.15) is 4.99 Å². The molecule has 1 fully saturated rings. The summed E-state index contributed by atoms with van der Waals surface area (Å²) in [5.41, 5.74) is 0.804. The first-order valence-corrected chi connectivity index (χ1v) is 7.68. The van der Waals surface area contributed by atoms with E-state index in [1.165, 1.54) is 11.8 Å². The molecule has 0 spiro atoms. The molecular weight excluding hydrogens is 262 g/mol. The number of aliphatic imine (C=N–C) groups is 2. The molecule has 1 saturated heterocycles. The summed E-state index contributed by atoms with van der Waals surface area (Å²) >= 11 is 1.26. The Bertz CT molecular complexity index is 439. The zero-order valence-electron chi connectivity index (χ0n) is 11.4. The van der Waals surface area contributed by atoms with Crippen molar-refractivity contribution in [1.82, 2.24) is 4.90 Å². The topological polar surface area (TPSA) is 62.1 Å². The summed E-state index contributed by atoms with van der Waals surface area (Å²) in [6, 6.07) is 0. The number of hydrogen-bond acceptors (Lipinski definition) is 4. The summed E-state index contributed by atoms with van der Waals surface area (Å²) in [6.45, 7) is 5.51. The Balaban J connectivity index is 1.90. The number of amidine groups is 1. The van der Waals surface area contributed by atoms with Gasteiger partial charge in [-0.3, -0.25) is 9.59 Å². The second-order valence-electron chi connectivity index (χ2n) is 4.82.